The topological polar surface area (TPSA) is 83.1 Å². The van der Waals surface area contributed by atoms with Crippen LogP contribution in [0, 0.1) is 5.92 Å². The van der Waals surface area contributed by atoms with Gasteiger partial charge in [-0.1, -0.05) is 19.9 Å². The van der Waals surface area contributed by atoms with Crippen molar-refractivity contribution in [2.45, 2.75) is 26.8 Å². The van der Waals surface area contributed by atoms with Crippen LogP contribution in [0.3, 0.4) is 0 Å². The predicted octanol–water partition coefficient (Wildman–Crippen LogP) is 1.01. The number of rotatable bonds is 6. The smallest absolute Gasteiger partial charge is 0.270 e. The highest BCUT2D eigenvalue weighted by atomic mass is 16.2. The maximum Gasteiger partial charge on any atom is 0.270 e. The zero-order valence-corrected chi connectivity index (χ0v) is 12.4. The van der Waals surface area contributed by atoms with Crippen molar-refractivity contribution < 1.29 is 9.59 Å². The average Bonchev–Trinajstić information content (AvgIpc) is 2.44. The van der Waals surface area contributed by atoms with Crippen LogP contribution in [0.2, 0.25) is 0 Å². The molecule has 110 valence electrons. The maximum absolute atomic E-state index is 12.0. The number of anilines is 1. The number of carbonyl (C=O) groups excluding carboxylic acids is 2. The maximum atomic E-state index is 12.0. The van der Waals surface area contributed by atoms with E-state index in [0.29, 0.717) is 18.3 Å². The Hall–Kier alpha value is -2.11. The van der Waals surface area contributed by atoms with Crippen LogP contribution in [0.15, 0.2) is 18.2 Å². The van der Waals surface area contributed by atoms with E-state index in [9.17, 15) is 9.59 Å². The first-order valence-electron chi connectivity index (χ1n) is 6.67. The SMILES string of the molecule is CNc1cccc(C(=O)NC(C)C(=O)NCC(C)C)n1. The number of nitrogens with zero attached hydrogens (tertiary/aromatic N) is 1. The Balaban J connectivity index is 2.58. The molecule has 0 aliphatic heterocycles. The van der Waals surface area contributed by atoms with Crippen LogP contribution in [0.1, 0.15) is 31.3 Å². The Morgan fingerprint density at radius 2 is 1.95 bits per heavy atom. The van der Waals surface area contributed by atoms with E-state index in [1.54, 1.807) is 32.2 Å². The fraction of sp³-hybridized carbons (Fsp3) is 0.500. The summed E-state index contributed by atoms with van der Waals surface area (Å²) in [5.41, 5.74) is 0.278. The molecule has 1 heterocycles. The highest BCUT2D eigenvalue weighted by Gasteiger charge is 2.17. The van der Waals surface area contributed by atoms with Crippen molar-refractivity contribution in [1.82, 2.24) is 15.6 Å². The van der Waals surface area contributed by atoms with Crippen LogP contribution < -0.4 is 16.0 Å². The normalized spacial score (nSPS) is 11.8. The zero-order chi connectivity index (χ0) is 15.1. The van der Waals surface area contributed by atoms with Gasteiger partial charge < -0.3 is 16.0 Å². The lowest BCUT2D eigenvalue weighted by Gasteiger charge is -2.15. The predicted molar refractivity (Wildman–Crippen MR) is 78.6 cm³/mol. The number of amides is 2. The zero-order valence-electron chi connectivity index (χ0n) is 12.4. The highest BCUT2D eigenvalue weighted by Crippen LogP contribution is 2.04. The lowest BCUT2D eigenvalue weighted by Crippen LogP contribution is -2.45. The fourth-order valence-corrected chi connectivity index (χ4v) is 1.49. The van der Waals surface area contributed by atoms with Crippen molar-refractivity contribution in [2.75, 3.05) is 18.9 Å². The molecular formula is C14H22N4O2. The first-order valence-corrected chi connectivity index (χ1v) is 6.67. The third kappa shape index (κ3) is 4.87. The first-order chi connectivity index (χ1) is 9.43. The molecule has 0 bridgehead atoms. The van der Waals surface area contributed by atoms with Gasteiger partial charge in [0, 0.05) is 13.6 Å². The molecule has 1 rings (SSSR count). The number of hydrogen-bond acceptors (Lipinski definition) is 4. The lowest BCUT2D eigenvalue weighted by atomic mass is 10.2. The minimum Gasteiger partial charge on any atom is -0.373 e. The molecule has 0 aliphatic carbocycles. The minimum atomic E-state index is -0.596. The van der Waals surface area contributed by atoms with Gasteiger partial charge in [-0.3, -0.25) is 9.59 Å². The van der Waals surface area contributed by atoms with E-state index in [1.807, 2.05) is 13.8 Å². The second-order valence-corrected chi connectivity index (χ2v) is 4.99. The van der Waals surface area contributed by atoms with Gasteiger partial charge in [-0.2, -0.15) is 0 Å². The molecule has 1 aromatic heterocycles. The van der Waals surface area contributed by atoms with Gasteiger partial charge in [-0.15, -0.1) is 0 Å². The quantitative estimate of drug-likeness (QED) is 0.725. The monoisotopic (exact) mass is 278 g/mol. The number of hydrogen-bond donors (Lipinski definition) is 3. The minimum absolute atomic E-state index is 0.197. The standard InChI is InChI=1S/C14H22N4O2/c1-9(2)8-16-13(19)10(3)17-14(20)11-6-5-7-12(15-4)18-11/h5-7,9-10H,8H2,1-4H3,(H,15,18)(H,16,19)(H,17,20). The van der Waals surface area contributed by atoms with E-state index >= 15 is 0 Å². The van der Waals surface area contributed by atoms with Crippen LogP contribution >= 0.6 is 0 Å². The summed E-state index contributed by atoms with van der Waals surface area (Å²) < 4.78 is 0. The van der Waals surface area contributed by atoms with Crippen LogP contribution in [0.4, 0.5) is 5.82 Å². The van der Waals surface area contributed by atoms with Gasteiger partial charge in [-0.05, 0) is 25.0 Å². The second kappa shape index (κ2) is 7.47. The van der Waals surface area contributed by atoms with Gasteiger partial charge in [-0.25, -0.2) is 4.98 Å². The van der Waals surface area contributed by atoms with E-state index in [1.165, 1.54) is 0 Å². The van der Waals surface area contributed by atoms with Gasteiger partial charge in [0.25, 0.3) is 5.91 Å². The van der Waals surface area contributed by atoms with Gasteiger partial charge >= 0.3 is 0 Å². The summed E-state index contributed by atoms with van der Waals surface area (Å²) in [4.78, 5) is 27.9. The Labute approximate surface area is 119 Å². The molecule has 1 unspecified atom stereocenters. The number of carbonyl (C=O) groups is 2. The molecule has 0 saturated heterocycles. The van der Waals surface area contributed by atoms with Crippen molar-refractivity contribution in [3.05, 3.63) is 23.9 Å². The first kappa shape index (κ1) is 15.9. The molecule has 0 fully saturated rings. The molecule has 0 radical (unpaired) electrons. The Morgan fingerprint density at radius 3 is 2.55 bits per heavy atom. The molecule has 1 atom stereocenters. The van der Waals surface area contributed by atoms with Gasteiger partial charge in [0.15, 0.2) is 0 Å². The van der Waals surface area contributed by atoms with Gasteiger partial charge in [0.05, 0.1) is 0 Å². The van der Waals surface area contributed by atoms with Gasteiger partial charge in [0.2, 0.25) is 5.91 Å². The molecule has 1 aromatic rings. The summed E-state index contributed by atoms with van der Waals surface area (Å²) in [5.74, 6) is 0.413. The molecule has 6 heteroatoms. The van der Waals surface area contributed by atoms with E-state index < -0.39 is 6.04 Å². The number of pyridine rings is 1. The largest absolute Gasteiger partial charge is 0.373 e. The Bertz CT molecular complexity index is 474. The number of aromatic nitrogens is 1. The van der Waals surface area contributed by atoms with Crippen molar-refractivity contribution in [3.8, 4) is 0 Å². The van der Waals surface area contributed by atoms with E-state index in [2.05, 4.69) is 20.9 Å². The summed E-state index contributed by atoms with van der Waals surface area (Å²) in [7, 11) is 1.73. The number of nitrogens with one attached hydrogen (secondary N) is 3. The van der Waals surface area contributed by atoms with Crippen molar-refractivity contribution in [3.63, 3.8) is 0 Å². The third-order valence-electron chi connectivity index (χ3n) is 2.66. The molecule has 6 nitrogen and oxygen atoms in total. The van der Waals surface area contributed by atoms with Crippen LogP contribution in [-0.2, 0) is 4.79 Å². The molecule has 0 aliphatic rings. The lowest BCUT2D eigenvalue weighted by molar-refractivity contribution is -0.122. The molecule has 20 heavy (non-hydrogen) atoms. The van der Waals surface area contributed by atoms with Crippen molar-refractivity contribution >= 4 is 17.6 Å². The van der Waals surface area contributed by atoms with Crippen molar-refractivity contribution in [1.29, 1.82) is 0 Å². The summed E-state index contributed by atoms with van der Waals surface area (Å²) >= 11 is 0. The summed E-state index contributed by atoms with van der Waals surface area (Å²) in [5, 5.41) is 8.27. The fourth-order valence-electron chi connectivity index (χ4n) is 1.49. The van der Waals surface area contributed by atoms with E-state index in [0.717, 1.165) is 0 Å². The van der Waals surface area contributed by atoms with Crippen molar-refractivity contribution in [2.24, 2.45) is 5.92 Å². The summed E-state index contributed by atoms with van der Waals surface area (Å²) in [6, 6.07) is 4.50. The Kier molecular flexibility index (Phi) is 5.96. The molecule has 3 N–H and O–H groups in total. The third-order valence-corrected chi connectivity index (χ3v) is 2.66. The van der Waals surface area contributed by atoms with Crippen LogP contribution in [-0.4, -0.2) is 36.4 Å². The van der Waals surface area contributed by atoms with E-state index in [-0.39, 0.29) is 17.5 Å². The molecular weight excluding hydrogens is 256 g/mol. The van der Waals surface area contributed by atoms with Gasteiger partial charge in [0.1, 0.15) is 17.6 Å². The highest BCUT2D eigenvalue weighted by molar-refractivity contribution is 5.96. The Morgan fingerprint density at radius 1 is 1.25 bits per heavy atom. The molecule has 2 amide bonds. The molecule has 0 aromatic carbocycles. The van der Waals surface area contributed by atoms with Crippen LogP contribution in [0.25, 0.3) is 0 Å². The summed E-state index contributed by atoms with van der Waals surface area (Å²) in [6.45, 7) is 6.26. The average molecular weight is 278 g/mol. The molecule has 0 saturated carbocycles. The van der Waals surface area contributed by atoms with E-state index in [4.69, 9.17) is 0 Å². The van der Waals surface area contributed by atoms with Crippen LogP contribution in [0.5, 0.6) is 0 Å². The second-order valence-electron chi connectivity index (χ2n) is 4.99. The molecule has 0 spiro atoms. The summed E-state index contributed by atoms with van der Waals surface area (Å²) in [6.07, 6.45) is 0.